The maximum atomic E-state index is 3.82. The molecule has 5 heteroatoms. The molecule has 0 aromatic carbocycles. The third-order valence-corrected chi connectivity index (χ3v) is 1.62. The van der Waals surface area contributed by atoms with Gasteiger partial charge in [0.1, 0.15) is 12.1 Å². The number of H-pyrrole nitrogens is 1. The third kappa shape index (κ3) is 1.50. The zero-order valence-corrected chi connectivity index (χ0v) is 6.09. The summed E-state index contributed by atoms with van der Waals surface area (Å²) >= 11 is 0. The maximum Gasteiger partial charge on any atom is 0.133 e. The van der Waals surface area contributed by atoms with Gasteiger partial charge in [0, 0.05) is 19.2 Å². The van der Waals surface area contributed by atoms with Gasteiger partial charge >= 0.3 is 0 Å². The molecule has 4 N–H and O–H groups in total. The highest BCUT2D eigenvalue weighted by molar-refractivity contribution is 5.32. The Morgan fingerprint density at radius 1 is 1.45 bits per heavy atom. The first-order valence-electron chi connectivity index (χ1n) is 3.68. The van der Waals surface area contributed by atoms with Crippen molar-refractivity contribution in [3.05, 3.63) is 12.3 Å². The first-order chi connectivity index (χ1) is 5.45. The van der Waals surface area contributed by atoms with Crippen molar-refractivity contribution in [2.24, 2.45) is 0 Å². The zero-order valence-electron chi connectivity index (χ0n) is 6.09. The second kappa shape index (κ2) is 2.89. The van der Waals surface area contributed by atoms with Crippen LogP contribution in [0, 0.1) is 0 Å². The summed E-state index contributed by atoms with van der Waals surface area (Å²) in [5.74, 6) is 0.928. The molecule has 0 saturated carbocycles. The number of hydrogen-bond acceptors (Lipinski definition) is 4. The lowest BCUT2D eigenvalue weighted by Crippen LogP contribution is -2.38. The molecule has 1 saturated heterocycles. The van der Waals surface area contributed by atoms with Crippen LogP contribution >= 0.6 is 0 Å². The lowest BCUT2D eigenvalue weighted by molar-refractivity contribution is 0.617. The zero-order chi connectivity index (χ0) is 7.52. The number of hydrogen-bond donors (Lipinski definition) is 4. The minimum atomic E-state index is 0.176. The lowest BCUT2D eigenvalue weighted by Gasteiger charge is -2.11. The fourth-order valence-corrected chi connectivity index (χ4v) is 1.10. The topological polar surface area (TPSA) is 64.8 Å². The standard InChI is InChI=1S/C6H11N5/c1-2-9-11-5(1)10-6-7-3-4-8-6/h1-2,6-8H,3-4H2,(H2,9,10,11). The Kier molecular flexibility index (Phi) is 1.74. The summed E-state index contributed by atoms with van der Waals surface area (Å²) in [5, 5.41) is 16.3. The van der Waals surface area contributed by atoms with Crippen molar-refractivity contribution in [1.29, 1.82) is 0 Å². The Hall–Kier alpha value is -1.07. The molecule has 1 fully saturated rings. The van der Waals surface area contributed by atoms with E-state index < -0.39 is 0 Å². The van der Waals surface area contributed by atoms with Gasteiger partial charge in [-0.05, 0) is 0 Å². The Morgan fingerprint density at radius 2 is 2.27 bits per heavy atom. The Labute approximate surface area is 64.6 Å². The third-order valence-electron chi connectivity index (χ3n) is 1.62. The van der Waals surface area contributed by atoms with Crippen LogP contribution in [0.1, 0.15) is 0 Å². The second-order valence-corrected chi connectivity index (χ2v) is 2.46. The summed E-state index contributed by atoms with van der Waals surface area (Å²) in [5.41, 5.74) is 0. The van der Waals surface area contributed by atoms with Crippen LogP contribution in [0.15, 0.2) is 12.3 Å². The van der Waals surface area contributed by atoms with Gasteiger partial charge < -0.3 is 5.32 Å². The molecular weight excluding hydrogens is 142 g/mol. The van der Waals surface area contributed by atoms with E-state index in [4.69, 9.17) is 0 Å². The normalized spacial score (nSPS) is 18.9. The number of nitrogens with zero attached hydrogens (tertiary/aromatic N) is 1. The predicted octanol–water partition coefficient (Wildman–Crippen LogP) is -0.702. The van der Waals surface area contributed by atoms with E-state index in [-0.39, 0.29) is 6.29 Å². The Morgan fingerprint density at radius 3 is 2.91 bits per heavy atom. The van der Waals surface area contributed by atoms with Gasteiger partial charge in [-0.2, -0.15) is 5.10 Å². The number of aromatic amines is 1. The van der Waals surface area contributed by atoms with Crippen molar-refractivity contribution < 1.29 is 0 Å². The van der Waals surface area contributed by atoms with E-state index in [1.807, 2.05) is 6.07 Å². The average molecular weight is 153 g/mol. The molecule has 1 aromatic rings. The van der Waals surface area contributed by atoms with Crippen LogP contribution in [-0.2, 0) is 0 Å². The van der Waals surface area contributed by atoms with E-state index in [0.717, 1.165) is 18.9 Å². The second-order valence-electron chi connectivity index (χ2n) is 2.46. The first kappa shape index (κ1) is 6.63. The summed E-state index contributed by atoms with van der Waals surface area (Å²) in [6, 6.07) is 1.89. The van der Waals surface area contributed by atoms with Gasteiger partial charge in [-0.25, -0.2) is 0 Å². The molecule has 60 valence electrons. The lowest BCUT2D eigenvalue weighted by atomic mass is 10.6. The minimum Gasteiger partial charge on any atom is -0.343 e. The van der Waals surface area contributed by atoms with E-state index in [0.29, 0.717) is 0 Å². The molecule has 0 spiro atoms. The molecule has 0 radical (unpaired) electrons. The van der Waals surface area contributed by atoms with Gasteiger partial charge in [-0.15, -0.1) is 0 Å². The monoisotopic (exact) mass is 153 g/mol. The average Bonchev–Trinajstić information content (AvgIpc) is 2.60. The van der Waals surface area contributed by atoms with Gasteiger partial charge in [0.15, 0.2) is 0 Å². The Balaban J connectivity index is 1.90. The number of anilines is 1. The van der Waals surface area contributed by atoms with Crippen LogP contribution in [0.4, 0.5) is 5.82 Å². The number of nitrogens with one attached hydrogen (secondary N) is 4. The molecule has 0 amide bonds. The van der Waals surface area contributed by atoms with Crippen molar-refractivity contribution in [2.75, 3.05) is 18.4 Å². The van der Waals surface area contributed by atoms with Crippen LogP contribution in [-0.4, -0.2) is 29.6 Å². The Bertz CT molecular complexity index is 201. The molecule has 2 rings (SSSR count). The fraction of sp³-hybridized carbons (Fsp3) is 0.500. The molecule has 2 heterocycles. The highest BCUT2D eigenvalue weighted by atomic mass is 15.4. The number of rotatable bonds is 2. The van der Waals surface area contributed by atoms with Crippen molar-refractivity contribution in [3.63, 3.8) is 0 Å². The van der Waals surface area contributed by atoms with Gasteiger partial charge in [-0.3, -0.25) is 15.7 Å². The summed E-state index contributed by atoms with van der Waals surface area (Å²) in [7, 11) is 0. The van der Waals surface area contributed by atoms with E-state index >= 15 is 0 Å². The molecule has 0 atom stereocenters. The molecule has 0 aliphatic carbocycles. The van der Waals surface area contributed by atoms with Crippen molar-refractivity contribution in [1.82, 2.24) is 20.8 Å². The van der Waals surface area contributed by atoms with Crippen LogP contribution in [0.3, 0.4) is 0 Å². The summed E-state index contributed by atoms with van der Waals surface area (Å²) in [6.07, 6.45) is 1.90. The summed E-state index contributed by atoms with van der Waals surface area (Å²) in [6.45, 7) is 2.01. The summed E-state index contributed by atoms with van der Waals surface area (Å²) in [4.78, 5) is 0. The molecule has 1 aliphatic rings. The molecule has 11 heavy (non-hydrogen) atoms. The van der Waals surface area contributed by atoms with Crippen LogP contribution in [0.25, 0.3) is 0 Å². The SMILES string of the molecule is c1cc(NC2NCCN2)[nH]n1. The van der Waals surface area contributed by atoms with E-state index in [1.54, 1.807) is 6.20 Å². The van der Waals surface area contributed by atoms with Crippen LogP contribution in [0.2, 0.25) is 0 Å². The highest BCUT2D eigenvalue weighted by Crippen LogP contribution is 1.99. The van der Waals surface area contributed by atoms with Crippen molar-refractivity contribution in [3.8, 4) is 0 Å². The highest BCUT2D eigenvalue weighted by Gasteiger charge is 2.11. The molecular formula is C6H11N5. The fourth-order valence-electron chi connectivity index (χ4n) is 1.10. The van der Waals surface area contributed by atoms with Crippen molar-refractivity contribution >= 4 is 5.82 Å². The van der Waals surface area contributed by atoms with Crippen LogP contribution < -0.4 is 16.0 Å². The smallest absolute Gasteiger partial charge is 0.133 e. The van der Waals surface area contributed by atoms with E-state index in [2.05, 4.69) is 26.1 Å². The van der Waals surface area contributed by atoms with Gasteiger partial charge in [0.05, 0.1) is 6.20 Å². The van der Waals surface area contributed by atoms with Crippen LogP contribution in [0.5, 0.6) is 0 Å². The molecule has 0 unspecified atom stereocenters. The number of aromatic nitrogens is 2. The van der Waals surface area contributed by atoms with Gasteiger partial charge in [-0.1, -0.05) is 0 Å². The maximum absolute atomic E-state index is 3.82. The molecule has 1 aliphatic heterocycles. The first-order valence-corrected chi connectivity index (χ1v) is 3.68. The summed E-state index contributed by atoms with van der Waals surface area (Å²) < 4.78 is 0. The quantitative estimate of drug-likeness (QED) is 0.453. The van der Waals surface area contributed by atoms with E-state index in [9.17, 15) is 0 Å². The van der Waals surface area contributed by atoms with E-state index in [1.165, 1.54) is 0 Å². The largest absolute Gasteiger partial charge is 0.343 e. The molecule has 1 aromatic heterocycles. The van der Waals surface area contributed by atoms with Gasteiger partial charge in [0.25, 0.3) is 0 Å². The van der Waals surface area contributed by atoms with Crippen molar-refractivity contribution in [2.45, 2.75) is 6.29 Å². The predicted molar refractivity (Wildman–Crippen MR) is 42.0 cm³/mol. The molecule has 5 nitrogen and oxygen atoms in total. The molecule has 0 bridgehead atoms. The van der Waals surface area contributed by atoms with Gasteiger partial charge in [0.2, 0.25) is 0 Å². The minimum absolute atomic E-state index is 0.176.